The van der Waals surface area contributed by atoms with Gasteiger partial charge in [-0.1, -0.05) is 13.8 Å². The van der Waals surface area contributed by atoms with E-state index >= 15 is 0 Å². The molecule has 1 saturated carbocycles. The van der Waals surface area contributed by atoms with Crippen LogP contribution in [0.25, 0.3) is 0 Å². The van der Waals surface area contributed by atoms with Gasteiger partial charge in [-0.25, -0.2) is 0 Å². The molecule has 1 aliphatic carbocycles. The molecule has 1 aliphatic rings. The highest BCUT2D eigenvalue weighted by Crippen LogP contribution is 2.21. The van der Waals surface area contributed by atoms with Crippen molar-refractivity contribution in [3.63, 3.8) is 0 Å². The number of carbonyl (C=O) groups excluding carboxylic acids is 3. The molecule has 3 nitrogen and oxygen atoms in total. The van der Waals surface area contributed by atoms with E-state index in [1.54, 1.807) is 13.8 Å². The maximum atomic E-state index is 11.3. The Balaban J connectivity index is 2.80. The van der Waals surface area contributed by atoms with Crippen LogP contribution in [0.15, 0.2) is 0 Å². The van der Waals surface area contributed by atoms with Crippen molar-refractivity contribution >= 4 is 17.3 Å². The molecule has 0 saturated heterocycles. The van der Waals surface area contributed by atoms with Gasteiger partial charge in [0.15, 0.2) is 17.3 Å². The van der Waals surface area contributed by atoms with Gasteiger partial charge in [-0.05, 0) is 0 Å². The average molecular weight is 168 g/mol. The van der Waals surface area contributed by atoms with E-state index in [1.807, 2.05) is 0 Å². The topological polar surface area (TPSA) is 51.2 Å². The minimum Gasteiger partial charge on any atom is -0.298 e. The zero-order valence-corrected chi connectivity index (χ0v) is 7.29. The second kappa shape index (κ2) is 3.17. The lowest BCUT2D eigenvalue weighted by molar-refractivity contribution is -0.137. The highest BCUT2D eigenvalue weighted by molar-refractivity contribution is 6.23. The highest BCUT2D eigenvalue weighted by atomic mass is 16.2. The monoisotopic (exact) mass is 168 g/mol. The number of hydrogen-bond donors (Lipinski definition) is 0. The Bertz CT molecular complexity index is 224. The highest BCUT2D eigenvalue weighted by Gasteiger charge is 2.39. The number of hydrogen-bond acceptors (Lipinski definition) is 3. The Morgan fingerprint density at radius 2 is 1.67 bits per heavy atom. The molecule has 1 rings (SSSR count). The maximum absolute atomic E-state index is 11.3. The molecule has 0 amide bonds. The summed E-state index contributed by atoms with van der Waals surface area (Å²) in [6.45, 7) is 3.42. The summed E-state index contributed by atoms with van der Waals surface area (Å²) in [5, 5.41) is 0. The van der Waals surface area contributed by atoms with Crippen LogP contribution in [0.5, 0.6) is 0 Å². The Hall–Kier alpha value is -0.990. The standard InChI is InChI=1S/C9H12O3/c1-5(2)9(12)8-6(10)3-4-7(8)11/h5,8H,3-4H2,1-2H3. The van der Waals surface area contributed by atoms with E-state index in [-0.39, 0.29) is 36.1 Å². The molecule has 0 aromatic rings. The van der Waals surface area contributed by atoms with Gasteiger partial charge in [-0.2, -0.15) is 0 Å². The lowest BCUT2D eigenvalue weighted by atomic mass is 9.93. The fraction of sp³-hybridized carbons (Fsp3) is 0.667. The summed E-state index contributed by atoms with van der Waals surface area (Å²) >= 11 is 0. The van der Waals surface area contributed by atoms with Gasteiger partial charge in [0.2, 0.25) is 0 Å². The fourth-order valence-corrected chi connectivity index (χ4v) is 1.37. The van der Waals surface area contributed by atoms with Crippen molar-refractivity contribution < 1.29 is 14.4 Å². The maximum Gasteiger partial charge on any atom is 0.153 e. The Morgan fingerprint density at radius 1 is 1.25 bits per heavy atom. The molecule has 0 aromatic heterocycles. The van der Waals surface area contributed by atoms with E-state index in [0.29, 0.717) is 0 Å². The molecular weight excluding hydrogens is 156 g/mol. The van der Waals surface area contributed by atoms with Gasteiger partial charge in [0, 0.05) is 18.8 Å². The minimum absolute atomic E-state index is 0.196. The first-order valence-corrected chi connectivity index (χ1v) is 4.13. The third kappa shape index (κ3) is 1.44. The number of ketones is 3. The van der Waals surface area contributed by atoms with Gasteiger partial charge < -0.3 is 0 Å². The summed E-state index contributed by atoms with van der Waals surface area (Å²) in [7, 11) is 0. The van der Waals surface area contributed by atoms with Gasteiger partial charge in [-0.3, -0.25) is 14.4 Å². The lowest BCUT2D eigenvalue weighted by Gasteiger charge is -2.07. The molecule has 0 aliphatic heterocycles. The van der Waals surface area contributed by atoms with Crippen LogP contribution in [0.2, 0.25) is 0 Å². The van der Waals surface area contributed by atoms with Crippen LogP contribution in [-0.4, -0.2) is 17.3 Å². The summed E-state index contributed by atoms with van der Waals surface area (Å²) in [4.78, 5) is 33.5. The third-order valence-electron chi connectivity index (χ3n) is 2.12. The Labute approximate surface area is 71.1 Å². The quantitative estimate of drug-likeness (QED) is 0.572. The predicted octanol–water partition coefficient (Wildman–Crippen LogP) is 0.760. The van der Waals surface area contributed by atoms with Crippen molar-refractivity contribution in [1.82, 2.24) is 0 Å². The average Bonchev–Trinajstić information content (AvgIpc) is 2.30. The first-order chi connectivity index (χ1) is 5.54. The largest absolute Gasteiger partial charge is 0.298 e. The predicted molar refractivity (Wildman–Crippen MR) is 42.6 cm³/mol. The van der Waals surface area contributed by atoms with Crippen LogP contribution in [0.4, 0.5) is 0 Å². The Kier molecular flexibility index (Phi) is 2.40. The molecule has 0 unspecified atom stereocenters. The molecule has 3 heteroatoms. The van der Waals surface area contributed by atoms with Crippen LogP contribution >= 0.6 is 0 Å². The smallest absolute Gasteiger partial charge is 0.153 e. The zero-order chi connectivity index (χ0) is 9.30. The van der Waals surface area contributed by atoms with Crippen molar-refractivity contribution in [3.8, 4) is 0 Å². The Morgan fingerprint density at radius 3 is 2.00 bits per heavy atom. The van der Waals surface area contributed by atoms with Crippen LogP contribution in [0.1, 0.15) is 26.7 Å². The minimum atomic E-state index is -0.926. The lowest BCUT2D eigenvalue weighted by Crippen LogP contribution is -2.28. The molecule has 0 aromatic carbocycles. The van der Waals surface area contributed by atoms with Crippen LogP contribution < -0.4 is 0 Å². The summed E-state index contributed by atoms with van der Waals surface area (Å²) in [6.07, 6.45) is 0.504. The molecule has 0 heterocycles. The molecule has 0 atom stereocenters. The van der Waals surface area contributed by atoms with Gasteiger partial charge in [-0.15, -0.1) is 0 Å². The molecule has 1 fully saturated rings. The van der Waals surface area contributed by atoms with Gasteiger partial charge >= 0.3 is 0 Å². The van der Waals surface area contributed by atoms with Crippen LogP contribution in [0.3, 0.4) is 0 Å². The van der Waals surface area contributed by atoms with Crippen molar-refractivity contribution in [2.24, 2.45) is 11.8 Å². The summed E-state index contributed by atoms with van der Waals surface area (Å²) in [5.41, 5.74) is 0. The first kappa shape index (κ1) is 9.10. The molecule has 66 valence electrons. The molecule has 0 radical (unpaired) electrons. The SMILES string of the molecule is CC(C)C(=O)C1C(=O)CCC1=O. The van der Waals surface area contributed by atoms with E-state index in [4.69, 9.17) is 0 Å². The van der Waals surface area contributed by atoms with Crippen LogP contribution in [-0.2, 0) is 14.4 Å². The normalized spacial score (nSPS) is 19.2. The fourth-order valence-electron chi connectivity index (χ4n) is 1.37. The van der Waals surface area contributed by atoms with E-state index in [1.165, 1.54) is 0 Å². The first-order valence-electron chi connectivity index (χ1n) is 4.13. The van der Waals surface area contributed by atoms with Crippen molar-refractivity contribution in [3.05, 3.63) is 0 Å². The number of carbonyl (C=O) groups is 3. The van der Waals surface area contributed by atoms with Crippen molar-refractivity contribution in [2.75, 3.05) is 0 Å². The van der Waals surface area contributed by atoms with E-state index in [0.717, 1.165) is 0 Å². The molecule has 0 bridgehead atoms. The number of Topliss-reactive ketones (excluding diaryl/α,β-unsaturated/α-hetero) is 3. The van der Waals surface area contributed by atoms with Gasteiger partial charge in [0.1, 0.15) is 5.92 Å². The van der Waals surface area contributed by atoms with E-state index < -0.39 is 5.92 Å². The second-order valence-electron chi connectivity index (χ2n) is 3.42. The van der Waals surface area contributed by atoms with Crippen molar-refractivity contribution in [2.45, 2.75) is 26.7 Å². The molecule has 0 spiro atoms. The summed E-state index contributed by atoms with van der Waals surface area (Å²) in [5.74, 6) is -1.76. The van der Waals surface area contributed by atoms with Gasteiger partial charge in [0.05, 0.1) is 0 Å². The summed E-state index contributed by atoms with van der Waals surface area (Å²) < 4.78 is 0. The summed E-state index contributed by atoms with van der Waals surface area (Å²) in [6, 6.07) is 0. The molecule has 0 N–H and O–H groups in total. The van der Waals surface area contributed by atoms with Crippen LogP contribution in [0, 0.1) is 11.8 Å². The zero-order valence-electron chi connectivity index (χ0n) is 7.29. The van der Waals surface area contributed by atoms with Gasteiger partial charge in [0.25, 0.3) is 0 Å². The van der Waals surface area contributed by atoms with E-state index in [9.17, 15) is 14.4 Å². The van der Waals surface area contributed by atoms with Crippen molar-refractivity contribution in [1.29, 1.82) is 0 Å². The number of rotatable bonds is 2. The third-order valence-corrected chi connectivity index (χ3v) is 2.12. The second-order valence-corrected chi connectivity index (χ2v) is 3.42. The van der Waals surface area contributed by atoms with E-state index in [2.05, 4.69) is 0 Å². The molecular formula is C9H12O3. The molecule has 12 heavy (non-hydrogen) atoms.